The summed E-state index contributed by atoms with van der Waals surface area (Å²) in [5.41, 5.74) is 1.09. The van der Waals surface area contributed by atoms with Gasteiger partial charge in [0.05, 0.1) is 0 Å². The summed E-state index contributed by atoms with van der Waals surface area (Å²) in [6.07, 6.45) is 0. The molecule has 0 aliphatic rings. The lowest BCUT2D eigenvalue weighted by molar-refractivity contribution is 1.13. The van der Waals surface area contributed by atoms with E-state index in [4.69, 9.17) is 0 Å². The van der Waals surface area contributed by atoms with Crippen molar-refractivity contribution in [3.63, 3.8) is 0 Å². The zero-order valence-electron chi connectivity index (χ0n) is 6.06. The summed E-state index contributed by atoms with van der Waals surface area (Å²) >= 11 is 3.38. The highest BCUT2D eigenvalue weighted by Gasteiger charge is 1.93. The Morgan fingerprint density at radius 2 is 2.20 bits per heavy atom. The smallest absolute Gasteiger partial charge is 0.0452 e. The van der Waals surface area contributed by atoms with E-state index in [-0.39, 0.29) is 0 Å². The Morgan fingerprint density at radius 1 is 1.50 bits per heavy atom. The molecule has 1 rings (SSSR count). The zero-order chi connectivity index (χ0) is 7.56. The molecule has 0 unspecified atom stereocenters. The lowest BCUT2D eigenvalue weighted by Crippen LogP contribution is -2.08. The summed E-state index contributed by atoms with van der Waals surface area (Å²) in [6, 6.07) is 9.00. The molecule has 1 aromatic carbocycles. The van der Waals surface area contributed by atoms with Crippen molar-refractivity contribution in [2.75, 3.05) is 19.0 Å². The Bertz CT molecular complexity index is 220. The number of hydrogen-bond donors (Lipinski definition) is 0. The SMILES string of the molecule is CN(C)c1[c]ccc(Br)c1. The summed E-state index contributed by atoms with van der Waals surface area (Å²) in [7, 11) is 4.00. The maximum absolute atomic E-state index is 3.38. The maximum atomic E-state index is 3.38. The van der Waals surface area contributed by atoms with Gasteiger partial charge < -0.3 is 4.90 Å². The highest BCUT2D eigenvalue weighted by molar-refractivity contribution is 9.10. The molecule has 2 heteroatoms. The molecule has 0 heterocycles. The molecule has 0 N–H and O–H groups in total. The molecular formula is C8H9BrN. The van der Waals surface area contributed by atoms with Crippen LogP contribution < -0.4 is 4.90 Å². The molecule has 0 saturated carbocycles. The van der Waals surface area contributed by atoms with Crippen molar-refractivity contribution in [2.45, 2.75) is 0 Å². The van der Waals surface area contributed by atoms with Crippen LogP contribution in [-0.4, -0.2) is 14.1 Å². The topological polar surface area (TPSA) is 3.24 Å². The third-order valence-electron chi connectivity index (χ3n) is 1.23. The van der Waals surface area contributed by atoms with Gasteiger partial charge in [0.15, 0.2) is 0 Å². The molecule has 0 atom stereocenters. The van der Waals surface area contributed by atoms with Crippen LogP contribution in [0.2, 0.25) is 0 Å². The second kappa shape index (κ2) is 3.06. The number of nitrogens with zero attached hydrogens (tertiary/aromatic N) is 1. The van der Waals surface area contributed by atoms with Crippen LogP contribution in [-0.2, 0) is 0 Å². The lowest BCUT2D eigenvalue weighted by Gasteiger charge is -2.11. The van der Waals surface area contributed by atoms with Gasteiger partial charge in [-0.3, -0.25) is 0 Å². The molecule has 1 nitrogen and oxygen atoms in total. The molecule has 0 spiro atoms. The molecule has 1 radical (unpaired) electrons. The van der Waals surface area contributed by atoms with Gasteiger partial charge in [-0.1, -0.05) is 22.0 Å². The van der Waals surface area contributed by atoms with Gasteiger partial charge in [-0.2, -0.15) is 0 Å². The van der Waals surface area contributed by atoms with Gasteiger partial charge in [0, 0.05) is 30.3 Å². The molecule has 0 bridgehead atoms. The third-order valence-corrected chi connectivity index (χ3v) is 1.72. The number of anilines is 1. The van der Waals surface area contributed by atoms with Crippen molar-refractivity contribution in [1.29, 1.82) is 0 Å². The highest BCUT2D eigenvalue weighted by atomic mass is 79.9. The largest absolute Gasteiger partial charge is 0.377 e. The van der Waals surface area contributed by atoms with Gasteiger partial charge in [0.25, 0.3) is 0 Å². The summed E-state index contributed by atoms with van der Waals surface area (Å²) in [4.78, 5) is 2.02. The fourth-order valence-electron chi connectivity index (χ4n) is 0.685. The van der Waals surface area contributed by atoms with Gasteiger partial charge >= 0.3 is 0 Å². The number of hydrogen-bond acceptors (Lipinski definition) is 1. The zero-order valence-corrected chi connectivity index (χ0v) is 7.64. The van der Waals surface area contributed by atoms with Gasteiger partial charge in [-0.25, -0.2) is 0 Å². The first-order valence-corrected chi connectivity index (χ1v) is 3.84. The molecule has 0 aliphatic heterocycles. The van der Waals surface area contributed by atoms with E-state index >= 15 is 0 Å². The van der Waals surface area contributed by atoms with Gasteiger partial charge in [-0.05, 0) is 12.1 Å². The van der Waals surface area contributed by atoms with Crippen molar-refractivity contribution in [3.05, 3.63) is 28.7 Å². The minimum Gasteiger partial charge on any atom is -0.377 e. The second-order valence-corrected chi connectivity index (χ2v) is 3.20. The van der Waals surface area contributed by atoms with Crippen LogP contribution in [0.5, 0.6) is 0 Å². The average molecular weight is 199 g/mol. The van der Waals surface area contributed by atoms with Crippen molar-refractivity contribution in [3.8, 4) is 0 Å². The van der Waals surface area contributed by atoms with E-state index in [0.29, 0.717) is 0 Å². The Hall–Kier alpha value is -0.500. The van der Waals surface area contributed by atoms with Crippen LogP contribution in [0.25, 0.3) is 0 Å². The van der Waals surface area contributed by atoms with E-state index in [1.807, 2.05) is 37.2 Å². The Morgan fingerprint density at radius 3 is 2.60 bits per heavy atom. The van der Waals surface area contributed by atoms with E-state index in [1.54, 1.807) is 0 Å². The molecule has 0 fully saturated rings. The van der Waals surface area contributed by atoms with E-state index in [1.165, 1.54) is 0 Å². The first-order chi connectivity index (χ1) is 4.70. The van der Waals surface area contributed by atoms with E-state index in [2.05, 4.69) is 22.0 Å². The fraction of sp³-hybridized carbons (Fsp3) is 0.250. The molecule has 0 aromatic heterocycles. The predicted molar refractivity (Wildman–Crippen MR) is 47.3 cm³/mol. The molecule has 0 saturated heterocycles. The molecule has 1 aromatic rings. The first kappa shape index (κ1) is 7.61. The maximum Gasteiger partial charge on any atom is 0.0452 e. The van der Waals surface area contributed by atoms with Crippen LogP contribution in [0.15, 0.2) is 22.7 Å². The normalized spacial score (nSPS) is 9.50. The summed E-state index contributed by atoms with van der Waals surface area (Å²) < 4.78 is 1.09. The summed E-state index contributed by atoms with van der Waals surface area (Å²) in [5, 5.41) is 0. The number of benzene rings is 1. The van der Waals surface area contributed by atoms with Crippen LogP contribution in [0.1, 0.15) is 0 Å². The summed E-state index contributed by atoms with van der Waals surface area (Å²) in [5.74, 6) is 0. The average Bonchev–Trinajstić information content (AvgIpc) is 1.88. The summed E-state index contributed by atoms with van der Waals surface area (Å²) in [6.45, 7) is 0. The van der Waals surface area contributed by atoms with E-state index in [9.17, 15) is 0 Å². The van der Waals surface area contributed by atoms with Crippen LogP contribution in [0, 0.1) is 6.07 Å². The van der Waals surface area contributed by atoms with Crippen molar-refractivity contribution in [2.24, 2.45) is 0 Å². The molecule has 10 heavy (non-hydrogen) atoms. The first-order valence-electron chi connectivity index (χ1n) is 3.05. The van der Waals surface area contributed by atoms with Crippen LogP contribution in [0.3, 0.4) is 0 Å². The van der Waals surface area contributed by atoms with Gasteiger partial charge in [0.1, 0.15) is 0 Å². The van der Waals surface area contributed by atoms with Crippen molar-refractivity contribution < 1.29 is 0 Å². The Balaban J connectivity index is 2.96. The molecular weight excluding hydrogens is 190 g/mol. The van der Waals surface area contributed by atoms with Gasteiger partial charge in [-0.15, -0.1) is 0 Å². The predicted octanol–water partition coefficient (Wildman–Crippen LogP) is 2.32. The highest BCUT2D eigenvalue weighted by Crippen LogP contribution is 2.16. The van der Waals surface area contributed by atoms with Gasteiger partial charge in [0.2, 0.25) is 0 Å². The van der Waals surface area contributed by atoms with Crippen LogP contribution in [0.4, 0.5) is 5.69 Å². The second-order valence-electron chi connectivity index (χ2n) is 2.29. The monoisotopic (exact) mass is 198 g/mol. The van der Waals surface area contributed by atoms with Crippen molar-refractivity contribution in [1.82, 2.24) is 0 Å². The fourth-order valence-corrected chi connectivity index (χ4v) is 1.03. The lowest BCUT2D eigenvalue weighted by atomic mass is 10.3. The minimum absolute atomic E-state index is 1.09. The number of rotatable bonds is 1. The number of halogens is 1. The quantitative estimate of drug-likeness (QED) is 0.670. The van der Waals surface area contributed by atoms with Crippen LogP contribution >= 0.6 is 15.9 Å². The van der Waals surface area contributed by atoms with E-state index < -0.39 is 0 Å². The Labute approximate surface area is 69.8 Å². The standard InChI is InChI=1S/C8H9BrN/c1-10(2)8-5-3-4-7(9)6-8/h3-4,6H,1-2H3. The molecule has 0 amide bonds. The third kappa shape index (κ3) is 1.74. The molecule has 0 aliphatic carbocycles. The van der Waals surface area contributed by atoms with E-state index in [0.717, 1.165) is 10.2 Å². The van der Waals surface area contributed by atoms with Crippen molar-refractivity contribution >= 4 is 21.6 Å². The Kier molecular flexibility index (Phi) is 2.33. The molecule has 53 valence electrons. The minimum atomic E-state index is 1.09.